The lowest BCUT2D eigenvalue weighted by Crippen LogP contribution is -2.29. The smallest absolute Gasteiger partial charge is 0.178 e. The molecule has 7 heteroatoms. The molecule has 1 aliphatic rings. The fourth-order valence-corrected chi connectivity index (χ4v) is 5.74. The molecule has 2 heterocycles. The molecule has 0 bridgehead atoms. The number of carbonyl (C=O) groups is 1. The van der Waals surface area contributed by atoms with Crippen LogP contribution >= 0.6 is 0 Å². The van der Waals surface area contributed by atoms with Crippen LogP contribution in [0.2, 0.25) is 0 Å². The van der Waals surface area contributed by atoms with Crippen LogP contribution in [0.15, 0.2) is 30.3 Å². The molecule has 1 saturated heterocycles. The minimum atomic E-state index is -2.99. The summed E-state index contributed by atoms with van der Waals surface area (Å²) in [6, 6.07) is 8.03. The Hall–Kier alpha value is -1.99. The highest BCUT2D eigenvalue weighted by molar-refractivity contribution is 7.91. The summed E-state index contributed by atoms with van der Waals surface area (Å²) in [5, 5.41) is 0. The summed E-state index contributed by atoms with van der Waals surface area (Å²) in [5.74, 6) is 0.0572. The van der Waals surface area contributed by atoms with Crippen LogP contribution in [-0.2, 0) is 9.84 Å². The van der Waals surface area contributed by atoms with Gasteiger partial charge in [0, 0.05) is 29.0 Å². The van der Waals surface area contributed by atoms with Crippen molar-refractivity contribution in [3.05, 3.63) is 58.7 Å². The van der Waals surface area contributed by atoms with Crippen LogP contribution < -0.4 is 0 Å². The lowest BCUT2D eigenvalue weighted by atomic mass is 10.1. The number of ketones is 1. The van der Waals surface area contributed by atoms with Crippen LogP contribution in [0.4, 0.5) is 4.39 Å². The summed E-state index contributed by atoms with van der Waals surface area (Å²) in [5.41, 5.74) is 3.32. The number of aryl methyl sites for hydroxylation is 1. The predicted molar refractivity (Wildman–Crippen MR) is 108 cm³/mol. The molecule has 0 amide bonds. The molecule has 0 radical (unpaired) electrons. The molecule has 2 unspecified atom stereocenters. The van der Waals surface area contributed by atoms with Crippen molar-refractivity contribution in [3.8, 4) is 0 Å². The van der Waals surface area contributed by atoms with Gasteiger partial charge in [-0.05, 0) is 58.0 Å². The van der Waals surface area contributed by atoms with Gasteiger partial charge in [0.25, 0.3) is 0 Å². The molecule has 5 nitrogen and oxygen atoms in total. The minimum absolute atomic E-state index is 0.00309. The Labute approximate surface area is 166 Å². The highest BCUT2D eigenvalue weighted by Gasteiger charge is 2.31. The lowest BCUT2D eigenvalue weighted by molar-refractivity contribution is 0.0924. The van der Waals surface area contributed by atoms with Gasteiger partial charge in [-0.1, -0.05) is 12.1 Å². The van der Waals surface area contributed by atoms with Crippen LogP contribution in [0, 0.1) is 19.7 Å². The molecule has 0 spiro atoms. The Morgan fingerprint density at radius 3 is 2.50 bits per heavy atom. The largest absolute Gasteiger partial charge is 0.344 e. The van der Waals surface area contributed by atoms with Gasteiger partial charge in [0.2, 0.25) is 0 Å². The number of rotatable bonds is 6. The molecular weight excluding hydrogens is 379 g/mol. The van der Waals surface area contributed by atoms with Crippen molar-refractivity contribution in [2.75, 3.05) is 25.1 Å². The molecular formula is C21H27FN2O3S. The molecule has 1 fully saturated rings. The summed E-state index contributed by atoms with van der Waals surface area (Å²) < 4.78 is 38.8. The van der Waals surface area contributed by atoms with E-state index in [2.05, 4.69) is 0 Å². The maximum atomic E-state index is 13.1. The fraction of sp³-hybridized carbons (Fsp3) is 0.476. The van der Waals surface area contributed by atoms with Crippen molar-refractivity contribution in [2.45, 2.75) is 39.3 Å². The molecule has 0 aliphatic carbocycles. The number of benzene rings is 1. The molecule has 1 aliphatic heterocycles. The Morgan fingerprint density at radius 1 is 1.29 bits per heavy atom. The summed E-state index contributed by atoms with van der Waals surface area (Å²) >= 11 is 0. The first-order valence-electron chi connectivity index (χ1n) is 9.47. The minimum Gasteiger partial charge on any atom is -0.344 e. The topological polar surface area (TPSA) is 59.4 Å². The van der Waals surface area contributed by atoms with Crippen molar-refractivity contribution < 1.29 is 17.6 Å². The zero-order valence-corrected chi connectivity index (χ0v) is 17.6. The zero-order chi connectivity index (χ0) is 20.6. The first-order valence-corrected chi connectivity index (χ1v) is 11.3. The monoisotopic (exact) mass is 406 g/mol. The highest BCUT2D eigenvalue weighted by atomic mass is 32.2. The van der Waals surface area contributed by atoms with Crippen molar-refractivity contribution in [1.29, 1.82) is 0 Å². The van der Waals surface area contributed by atoms with Crippen molar-refractivity contribution in [3.63, 3.8) is 0 Å². The van der Waals surface area contributed by atoms with E-state index in [1.807, 2.05) is 43.4 Å². The number of sulfone groups is 1. The van der Waals surface area contributed by atoms with Gasteiger partial charge in [0.15, 0.2) is 15.6 Å². The van der Waals surface area contributed by atoms with E-state index in [1.54, 1.807) is 12.1 Å². The van der Waals surface area contributed by atoms with Crippen molar-refractivity contribution in [2.24, 2.45) is 0 Å². The fourth-order valence-electron chi connectivity index (χ4n) is 4.04. The standard InChI is InChI=1S/C21H27FN2O3S/c1-14-11-20(16(3)24(14)19-9-10-28(26,27)13-19)21(25)12-23(4)15(2)17-5-7-18(22)8-6-17/h5-8,11,15,19H,9-10,12-13H2,1-4H3. The van der Waals surface area contributed by atoms with Crippen LogP contribution in [0.5, 0.6) is 0 Å². The average molecular weight is 407 g/mol. The number of hydrogen-bond donors (Lipinski definition) is 0. The molecule has 28 heavy (non-hydrogen) atoms. The van der Waals surface area contributed by atoms with Gasteiger partial charge in [-0.2, -0.15) is 0 Å². The molecule has 0 N–H and O–H groups in total. The summed E-state index contributed by atoms with van der Waals surface area (Å²) in [6.07, 6.45) is 0.591. The van der Waals surface area contributed by atoms with Crippen molar-refractivity contribution >= 4 is 15.6 Å². The van der Waals surface area contributed by atoms with Gasteiger partial charge in [0.05, 0.1) is 18.1 Å². The molecule has 152 valence electrons. The Balaban J connectivity index is 1.76. The van der Waals surface area contributed by atoms with Gasteiger partial charge in [-0.15, -0.1) is 0 Å². The summed E-state index contributed by atoms with van der Waals surface area (Å²) in [6.45, 7) is 6.01. The van der Waals surface area contributed by atoms with E-state index in [0.717, 1.165) is 17.0 Å². The van der Waals surface area contributed by atoms with E-state index in [-0.39, 0.29) is 41.7 Å². The molecule has 3 rings (SSSR count). The number of carbonyl (C=O) groups excluding carboxylic acids is 1. The maximum absolute atomic E-state index is 13.1. The number of likely N-dealkylation sites (N-methyl/N-ethyl adjacent to an activating group) is 1. The third-order valence-electron chi connectivity index (χ3n) is 5.76. The van der Waals surface area contributed by atoms with Gasteiger partial charge >= 0.3 is 0 Å². The second-order valence-corrected chi connectivity index (χ2v) is 10.0. The van der Waals surface area contributed by atoms with Gasteiger partial charge in [0.1, 0.15) is 5.82 Å². The van der Waals surface area contributed by atoms with Crippen LogP contribution in [-0.4, -0.2) is 48.8 Å². The maximum Gasteiger partial charge on any atom is 0.178 e. The number of aromatic nitrogens is 1. The van der Waals surface area contributed by atoms with E-state index in [1.165, 1.54) is 12.1 Å². The number of halogens is 1. The summed E-state index contributed by atoms with van der Waals surface area (Å²) in [7, 11) is -1.12. The van der Waals surface area contributed by atoms with E-state index in [9.17, 15) is 17.6 Å². The SMILES string of the molecule is Cc1cc(C(=O)CN(C)C(C)c2ccc(F)cc2)c(C)n1C1CCS(=O)(=O)C1. The van der Waals surface area contributed by atoms with Gasteiger partial charge in [-0.25, -0.2) is 12.8 Å². The number of nitrogens with zero attached hydrogens (tertiary/aromatic N) is 2. The first-order chi connectivity index (χ1) is 13.1. The first kappa shape index (κ1) is 20.7. The van der Waals surface area contributed by atoms with E-state index in [0.29, 0.717) is 12.0 Å². The van der Waals surface area contributed by atoms with E-state index >= 15 is 0 Å². The zero-order valence-electron chi connectivity index (χ0n) is 16.8. The molecule has 2 aromatic rings. The third-order valence-corrected chi connectivity index (χ3v) is 7.52. The van der Waals surface area contributed by atoms with Crippen LogP contribution in [0.25, 0.3) is 0 Å². The Kier molecular flexibility index (Phi) is 5.77. The quantitative estimate of drug-likeness (QED) is 0.689. The molecule has 1 aromatic carbocycles. The molecule has 1 aromatic heterocycles. The predicted octanol–water partition coefficient (Wildman–Crippen LogP) is 3.48. The number of hydrogen-bond acceptors (Lipinski definition) is 4. The van der Waals surface area contributed by atoms with Crippen molar-refractivity contribution in [1.82, 2.24) is 9.47 Å². The van der Waals surface area contributed by atoms with E-state index < -0.39 is 9.84 Å². The lowest BCUT2D eigenvalue weighted by Gasteiger charge is -2.24. The second kappa shape index (κ2) is 7.79. The van der Waals surface area contributed by atoms with Crippen LogP contribution in [0.1, 0.15) is 52.7 Å². The Morgan fingerprint density at radius 2 is 1.93 bits per heavy atom. The van der Waals surface area contributed by atoms with Crippen LogP contribution in [0.3, 0.4) is 0 Å². The average Bonchev–Trinajstić information content (AvgIpc) is 3.13. The Bertz CT molecular complexity index is 980. The normalized spacial score (nSPS) is 19.9. The second-order valence-electron chi connectivity index (χ2n) is 7.78. The van der Waals surface area contributed by atoms with Gasteiger partial charge in [-0.3, -0.25) is 9.69 Å². The van der Waals surface area contributed by atoms with Gasteiger partial charge < -0.3 is 4.57 Å². The van der Waals surface area contributed by atoms with E-state index in [4.69, 9.17) is 0 Å². The number of Topliss-reactive ketones (excluding diaryl/α,β-unsaturated/α-hetero) is 1. The summed E-state index contributed by atoms with van der Waals surface area (Å²) in [4.78, 5) is 14.9. The third kappa shape index (κ3) is 4.20. The molecule has 2 atom stereocenters. The molecule has 0 saturated carbocycles. The highest BCUT2D eigenvalue weighted by Crippen LogP contribution is 2.29.